The highest BCUT2D eigenvalue weighted by molar-refractivity contribution is 8.16. The normalized spacial score (nSPS) is 14.1. The molecule has 4 nitrogen and oxygen atoms in total. The first kappa shape index (κ1) is 22.9. The number of thioether (sulfide) groups is 3. The summed E-state index contributed by atoms with van der Waals surface area (Å²) in [6, 6.07) is 8.00. The summed E-state index contributed by atoms with van der Waals surface area (Å²) in [5.74, 6) is 7.18. The molecule has 2 aromatic rings. The minimum atomic E-state index is -0.245. The lowest BCUT2D eigenvalue weighted by atomic mass is 10.0. The van der Waals surface area contributed by atoms with Crippen LogP contribution < -0.4 is 4.74 Å². The first-order chi connectivity index (χ1) is 14.5. The number of hydrogen-bond donors (Lipinski definition) is 0. The predicted molar refractivity (Wildman–Crippen MR) is 128 cm³/mol. The lowest BCUT2D eigenvalue weighted by Gasteiger charge is -2.36. The van der Waals surface area contributed by atoms with Gasteiger partial charge in [-0.3, -0.25) is 4.79 Å². The van der Waals surface area contributed by atoms with E-state index < -0.39 is 0 Å². The molecule has 0 bridgehead atoms. The molecular formula is C23H25NO3S3. The van der Waals surface area contributed by atoms with Crippen LogP contribution in [0, 0.1) is 11.8 Å². The number of nitrogens with zero attached hydrogens (tertiary/aromatic N) is 1. The molecule has 0 fully saturated rings. The number of ether oxygens (including phenoxy) is 2. The van der Waals surface area contributed by atoms with E-state index >= 15 is 0 Å². The van der Waals surface area contributed by atoms with Gasteiger partial charge in [0.15, 0.2) is 0 Å². The third-order valence-corrected chi connectivity index (χ3v) is 8.81. The minimum absolute atomic E-state index is 0.00600. The van der Waals surface area contributed by atoms with E-state index in [1.165, 1.54) is 5.56 Å². The smallest absolute Gasteiger partial charge is 0.310 e. The molecule has 0 saturated heterocycles. The van der Waals surface area contributed by atoms with Gasteiger partial charge in [0.1, 0.15) is 11.4 Å². The van der Waals surface area contributed by atoms with E-state index in [-0.39, 0.29) is 16.5 Å². The summed E-state index contributed by atoms with van der Waals surface area (Å²) in [7, 11) is 0. The number of esters is 1. The SMILES string of the molecule is CCOC(=O)Cc1ccc(C#Cc2cc3c(cc2SC)OCCC3(SC)SC)nc1. The van der Waals surface area contributed by atoms with Crippen molar-refractivity contribution in [3.63, 3.8) is 0 Å². The van der Waals surface area contributed by atoms with Crippen LogP contribution in [-0.4, -0.2) is 42.9 Å². The highest BCUT2D eigenvalue weighted by Crippen LogP contribution is 2.53. The molecule has 0 radical (unpaired) electrons. The standard InChI is InChI=1S/C23H25NO3S3/c1-5-26-22(25)12-16-6-8-18(24-15-16)9-7-17-13-19-20(14-21(17)28-2)27-11-10-23(19,29-3)30-4/h6,8,13-15H,5,10-12H2,1-4H3. The van der Waals surface area contributed by atoms with E-state index in [0.717, 1.165) is 34.8 Å². The Bertz CT molecular complexity index is 960. The van der Waals surface area contributed by atoms with Crippen molar-refractivity contribution in [3.8, 4) is 17.6 Å². The van der Waals surface area contributed by atoms with Crippen molar-refractivity contribution in [3.05, 3.63) is 52.8 Å². The first-order valence-electron chi connectivity index (χ1n) is 9.63. The second kappa shape index (κ2) is 10.5. The number of aromatic nitrogens is 1. The molecule has 1 aromatic heterocycles. The quantitative estimate of drug-likeness (QED) is 0.262. The van der Waals surface area contributed by atoms with Gasteiger partial charge in [-0.05, 0) is 55.4 Å². The van der Waals surface area contributed by atoms with Gasteiger partial charge in [0, 0.05) is 28.6 Å². The number of pyridine rings is 1. The van der Waals surface area contributed by atoms with E-state index in [2.05, 4.69) is 47.7 Å². The molecule has 0 unspecified atom stereocenters. The Labute approximate surface area is 191 Å². The van der Waals surface area contributed by atoms with Crippen LogP contribution >= 0.6 is 35.3 Å². The highest BCUT2D eigenvalue weighted by Gasteiger charge is 2.37. The maximum atomic E-state index is 11.6. The average molecular weight is 460 g/mol. The summed E-state index contributed by atoms with van der Waals surface area (Å²) in [5, 5.41) is 0. The van der Waals surface area contributed by atoms with Gasteiger partial charge in [-0.25, -0.2) is 4.98 Å². The van der Waals surface area contributed by atoms with Gasteiger partial charge in [-0.2, -0.15) is 0 Å². The molecular weight excluding hydrogens is 434 g/mol. The Morgan fingerprint density at radius 2 is 2.03 bits per heavy atom. The molecule has 2 heterocycles. The Morgan fingerprint density at radius 3 is 2.67 bits per heavy atom. The topological polar surface area (TPSA) is 48.4 Å². The fourth-order valence-corrected chi connectivity index (χ4v) is 5.85. The molecule has 0 atom stereocenters. The van der Waals surface area contributed by atoms with E-state index in [1.807, 2.05) is 35.7 Å². The molecule has 30 heavy (non-hydrogen) atoms. The lowest BCUT2D eigenvalue weighted by Crippen LogP contribution is -2.26. The van der Waals surface area contributed by atoms with Crippen LogP contribution in [0.4, 0.5) is 0 Å². The monoisotopic (exact) mass is 459 g/mol. The Morgan fingerprint density at radius 1 is 1.23 bits per heavy atom. The van der Waals surface area contributed by atoms with E-state index in [1.54, 1.807) is 24.9 Å². The summed E-state index contributed by atoms with van der Waals surface area (Å²) >= 11 is 5.39. The Balaban J connectivity index is 1.89. The van der Waals surface area contributed by atoms with Crippen molar-refractivity contribution in [1.29, 1.82) is 0 Å². The zero-order chi connectivity index (χ0) is 21.6. The van der Waals surface area contributed by atoms with Crippen LogP contribution in [0.3, 0.4) is 0 Å². The molecule has 0 aliphatic carbocycles. The number of rotatable bonds is 6. The van der Waals surface area contributed by atoms with Crippen molar-refractivity contribution in [2.24, 2.45) is 0 Å². The van der Waals surface area contributed by atoms with Gasteiger partial charge >= 0.3 is 5.97 Å². The molecule has 7 heteroatoms. The predicted octanol–water partition coefficient (Wildman–Crippen LogP) is 4.97. The molecule has 3 rings (SSSR count). The van der Waals surface area contributed by atoms with Crippen molar-refractivity contribution in [2.75, 3.05) is 32.0 Å². The molecule has 0 saturated carbocycles. The number of fused-ring (bicyclic) bond motifs is 1. The average Bonchev–Trinajstić information content (AvgIpc) is 2.77. The van der Waals surface area contributed by atoms with Gasteiger partial charge in [-0.1, -0.05) is 12.0 Å². The summed E-state index contributed by atoms with van der Waals surface area (Å²) in [6.45, 7) is 2.91. The summed E-state index contributed by atoms with van der Waals surface area (Å²) in [5.41, 5.74) is 3.68. The zero-order valence-electron chi connectivity index (χ0n) is 17.6. The molecule has 0 amide bonds. The molecule has 1 aliphatic heterocycles. The first-order valence-corrected chi connectivity index (χ1v) is 13.3. The van der Waals surface area contributed by atoms with Crippen LogP contribution in [0.5, 0.6) is 5.75 Å². The van der Waals surface area contributed by atoms with Crippen LogP contribution in [-0.2, 0) is 20.0 Å². The lowest BCUT2D eigenvalue weighted by molar-refractivity contribution is -0.142. The van der Waals surface area contributed by atoms with Gasteiger partial charge < -0.3 is 9.47 Å². The second-order valence-electron chi connectivity index (χ2n) is 6.59. The van der Waals surface area contributed by atoms with Crippen LogP contribution in [0.1, 0.15) is 35.7 Å². The number of carbonyl (C=O) groups is 1. The zero-order valence-corrected chi connectivity index (χ0v) is 20.1. The van der Waals surface area contributed by atoms with Crippen molar-refractivity contribution < 1.29 is 14.3 Å². The summed E-state index contributed by atoms with van der Waals surface area (Å²) in [4.78, 5) is 17.1. The third-order valence-electron chi connectivity index (χ3n) is 4.86. The van der Waals surface area contributed by atoms with Crippen molar-refractivity contribution >= 4 is 41.3 Å². The summed E-state index contributed by atoms with van der Waals surface area (Å²) in [6.07, 6.45) is 9.24. The van der Waals surface area contributed by atoms with Crippen LogP contribution in [0.2, 0.25) is 0 Å². The largest absolute Gasteiger partial charge is 0.493 e. The summed E-state index contributed by atoms with van der Waals surface area (Å²) < 4.78 is 10.9. The minimum Gasteiger partial charge on any atom is -0.493 e. The van der Waals surface area contributed by atoms with Gasteiger partial charge in [-0.15, -0.1) is 35.3 Å². The molecule has 1 aromatic carbocycles. The maximum Gasteiger partial charge on any atom is 0.310 e. The Hall–Kier alpha value is -1.75. The van der Waals surface area contributed by atoms with Crippen LogP contribution in [0.15, 0.2) is 35.4 Å². The van der Waals surface area contributed by atoms with Crippen LogP contribution in [0.25, 0.3) is 0 Å². The number of benzene rings is 1. The van der Waals surface area contributed by atoms with Gasteiger partial charge in [0.25, 0.3) is 0 Å². The number of carbonyl (C=O) groups excluding carboxylic acids is 1. The molecule has 1 aliphatic rings. The van der Waals surface area contributed by atoms with Crippen molar-refractivity contribution in [1.82, 2.24) is 4.98 Å². The second-order valence-corrected chi connectivity index (χ2v) is 9.91. The highest BCUT2D eigenvalue weighted by atomic mass is 32.2. The van der Waals surface area contributed by atoms with E-state index in [9.17, 15) is 4.79 Å². The van der Waals surface area contributed by atoms with Crippen molar-refractivity contribution in [2.45, 2.75) is 28.7 Å². The van der Waals surface area contributed by atoms with Gasteiger partial charge in [0.2, 0.25) is 0 Å². The fraction of sp³-hybridized carbons (Fsp3) is 0.391. The fourth-order valence-electron chi connectivity index (χ4n) is 3.30. The molecule has 158 valence electrons. The molecule has 0 N–H and O–H groups in total. The Kier molecular flexibility index (Phi) is 8.04. The molecule has 0 spiro atoms. The van der Waals surface area contributed by atoms with Gasteiger partial charge in [0.05, 0.1) is 23.7 Å². The third kappa shape index (κ3) is 5.11. The van der Waals surface area contributed by atoms with E-state index in [4.69, 9.17) is 9.47 Å². The number of hydrogen-bond acceptors (Lipinski definition) is 7. The maximum absolute atomic E-state index is 11.6. The van der Waals surface area contributed by atoms with E-state index in [0.29, 0.717) is 12.3 Å².